The number of amides is 1. The monoisotopic (exact) mass is 493 g/mol. The molecule has 0 saturated carbocycles. The summed E-state index contributed by atoms with van der Waals surface area (Å²) in [4.78, 5) is 12.4. The lowest BCUT2D eigenvalue weighted by Gasteiger charge is -2.34. The van der Waals surface area contributed by atoms with Crippen LogP contribution in [0.25, 0.3) is 16.9 Å². The second-order valence-electron chi connectivity index (χ2n) is 7.46. The van der Waals surface area contributed by atoms with Crippen molar-refractivity contribution in [3.63, 3.8) is 0 Å². The van der Waals surface area contributed by atoms with Gasteiger partial charge in [-0.1, -0.05) is 5.21 Å². The molecule has 2 heterocycles. The molecule has 33 heavy (non-hydrogen) atoms. The van der Waals surface area contributed by atoms with Gasteiger partial charge in [0.05, 0.1) is 23.9 Å². The molecule has 1 aliphatic rings. The Morgan fingerprint density at radius 3 is 2.33 bits per heavy atom. The number of hydroxylamine groups is 1. The second-order valence-corrected chi connectivity index (χ2v) is 9.72. The fourth-order valence-electron chi connectivity index (χ4n) is 3.84. The van der Waals surface area contributed by atoms with Crippen LogP contribution < -0.4 is 15.5 Å². The number of benzene rings is 2. The number of nitrogens with zero attached hydrogens (tertiary/aromatic N) is 3. The zero-order valence-electron chi connectivity index (χ0n) is 17.8. The minimum Gasteiger partial charge on any atom is -0.497 e. The molecule has 176 valence electrons. The summed E-state index contributed by atoms with van der Waals surface area (Å²) in [6.45, 7) is 0.718. The van der Waals surface area contributed by atoms with Crippen molar-refractivity contribution in [2.75, 3.05) is 20.2 Å². The molecule has 10 nitrogen and oxygen atoms in total. The first-order chi connectivity index (χ1) is 15.4. The van der Waals surface area contributed by atoms with Crippen molar-refractivity contribution < 1.29 is 23.2 Å². The molecule has 0 unspecified atom stereocenters. The van der Waals surface area contributed by atoms with Crippen LogP contribution in [0.4, 0.5) is 0 Å². The fourth-order valence-corrected chi connectivity index (χ4v) is 5.81. The average molecular weight is 494 g/mol. The summed E-state index contributed by atoms with van der Waals surface area (Å²) in [6.07, 6.45) is 1.87. The van der Waals surface area contributed by atoms with Gasteiger partial charge in [-0.2, -0.15) is 0 Å². The van der Waals surface area contributed by atoms with Gasteiger partial charge in [0.2, 0.25) is 0 Å². The number of piperidine rings is 1. The van der Waals surface area contributed by atoms with E-state index in [4.69, 9.17) is 4.74 Å². The van der Waals surface area contributed by atoms with E-state index in [0.717, 1.165) is 11.3 Å². The van der Waals surface area contributed by atoms with Gasteiger partial charge in [-0.15, -0.1) is 17.5 Å². The third-order valence-electron chi connectivity index (χ3n) is 5.73. The Labute approximate surface area is 197 Å². The van der Waals surface area contributed by atoms with Crippen molar-refractivity contribution in [2.45, 2.75) is 22.5 Å². The number of halogens is 1. The van der Waals surface area contributed by atoms with Gasteiger partial charge in [0.15, 0.2) is 14.6 Å². The maximum absolute atomic E-state index is 13.4. The lowest BCUT2D eigenvalue weighted by Crippen LogP contribution is -2.57. The number of hydrogen-bond donors (Lipinski definition) is 3. The predicted molar refractivity (Wildman–Crippen MR) is 123 cm³/mol. The molecule has 1 fully saturated rings. The molecular formula is C21H24ClN5O5S. The van der Waals surface area contributed by atoms with Gasteiger partial charge < -0.3 is 10.1 Å². The second kappa shape index (κ2) is 9.87. The third-order valence-corrected chi connectivity index (χ3v) is 8.25. The molecule has 1 saturated heterocycles. The van der Waals surface area contributed by atoms with E-state index >= 15 is 0 Å². The van der Waals surface area contributed by atoms with Crippen molar-refractivity contribution >= 4 is 28.2 Å². The Hall–Kier alpha value is -2.99. The molecule has 2 aromatic carbocycles. The van der Waals surface area contributed by atoms with Crippen molar-refractivity contribution in [1.82, 2.24) is 25.8 Å². The van der Waals surface area contributed by atoms with Gasteiger partial charge >= 0.3 is 0 Å². The number of nitrogens with one attached hydrogen (secondary N) is 2. The van der Waals surface area contributed by atoms with Crippen LogP contribution in [0.5, 0.6) is 5.75 Å². The van der Waals surface area contributed by atoms with Crippen LogP contribution in [0.1, 0.15) is 12.8 Å². The maximum Gasteiger partial charge on any atom is 0.265 e. The van der Waals surface area contributed by atoms with Crippen LogP contribution in [-0.4, -0.2) is 59.5 Å². The number of carbonyl (C=O) groups is 1. The first-order valence-corrected chi connectivity index (χ1v) is 11.5. The topological polar surface area (TPSA) is 135 Å². The molecule has 3 N–H and O–H groups in total. The van der Waals surface area contributed by atoms with Gasteiger partial charge in [-0.25, -0.2) is 18.6 Å². The van der Waals surface area contributed by atoms with E-state index in [-0.39, 0.29) is 30.1 Å². The van der Waals surface area contributed by atoms with Crippen LogP contribution in [0.3, 0.4) is 0 Å². The SMILES string of the molecule is COc1ccc(-c2cn(-c3ccc(S(=O)(=O)C4(C(=O)NO)CCNCC4)cc3)nn2)cc1.Cl. The lowest BCUT2D eigenvalue weighted by molar-refractivity contribution is -0.132. The zero-order chi connectivity index (χ0) is 22.8. The van der Waals surface area contributed by atoms with Crippen LogP contribution in [0.2, 0.25) is 0 Å². The van der Waals surface area contributed by atoms with E-state index in [0.29, 0.717) is 24.5 Å². The third kappa shape index (κ3) is 4.44. The first kappa shape index (κ1) is 24.6. The number of sulfone groups is 1. The van der Waals surface area contributed by atoms with E-state index < -0.39 is 20.5 Å². The summed E-state index contributed by atoms with van der Waals surface area (Å²) < 4.78 is 31.7. The van der Waals surface area contributed by atoms with E-state index in [1.54, 1.807) is 25.4 Å². The Morgan fingerprint density at radius 2 is 1.76 bits per heavy atom. The summed E-state index contributed by atoms with van der Waals surface area (Å²) in [7, 11) is -2.45. The molecule has 1 aliphatic heterocycles. The van der Waals surface area contributed by atoms with Crippen LogP contribution in [-0.2, 0) is 14.6 Å². The molecule has 0 aliphatic carbocycles. The van der Waals surface area contributed by atoms with Crippen molar-refractivity contribution in [1.29, 1.82) is 0 Å². The fraction of sp³-hybridized carbons (Fsp3) is 0.286. The van der Waals surface area contributed by atoms with E-state index in [9.17, 15) is 18.4 Å². The molecule has 0 atom stereocenters. The van der Waals surface area contributed by atoms with Gasteiger partial charge in [-0.05, 0) is 74.5 Å². The van der Waals surface area contributed by atoms with Crippen LogP contribution >= 0.6 is 12.4 Å². The van der Waals surface area contributed by atoms with Crippen molar-refractivity contribution in [3.8, 4) is 22.7 Å². The van der Waals surface area contributed by atoms with Gasteiger partial charge in [0.1, 0.15) is 11.4 Å². The van der Waals surface area contributed by atoms with E-state index in [1.165, 1.54) is 22.3 Å². The highest BCUT2D eigenvalue weighted by Gasteiger charge is 2.51. The highest BCUT2D eigenvalue weighted by Crippen LogP contribution is 2.34. The minimum atomic E-state index is -4.05. The normalized spacial score (nSPS) is 15.3. The van der Waals surface area contributed by atoms with Crippen molar-refractivity contribution in [3.05, 3.63) is 54.7 Å². The number of hydrogen-bond acceptors (Lipinski definition) is 8. The molecule has 0 bridgehead atoms. The zero-order valence-corrected chi connectivity index (χ0v) is 19.4. The summed E-state index contributed by atoms with van der Waals surface area (Å²) in [5, 5.41) is 20.5. The smallest absolute Gasteiger partial charge is 0.265 e. The predicted octanol–water partition coefficient (Wildman–Crippen LogP) is 1.77. The van der Waals surface area contributed by atoms with Crippen LogP contribution in [0.15, 0.2) is 59.6 Å². The van der Waals surface area contributed by atoms with Gasteiger partial charge in [0.25, 0.3) is 5.91 Å². The largest absolute Gasteiger partial charge is 0.497 e. The number of aromatic nitrogens is 3. The minimum absolute atomic E-state index is 0. The number of rotatable bonds is 6. The van der Waals surface area contributed by atoms with E-state index in [2.05, 4.69) is 15.6 Å². The van der Waals surface area contributed by atoms with Crippen LogP contribution in [0, 0.1) is 0 Å². The first-order valence-electron chi connectivity index (χ1n) is 9.98. The molecule has 0 radical (unpaired) electrons. The molecule has 3 aromatic rings. The Morgan fingerprint density at radius 1 is 1.12 bits per heavy atom. The average Bonchev–Trinajstić information content (AvgIpc) is 3.34. The van der Waals surface area contributed by atoms with Gasteiger partial charge in [-0.3, -0.25) is 10.0 Å². The quantitative estimate of drug-likeness (QED) is 0.349. The van der Waals surface area contributed by atoms with Crippen molar-refractivity contribution in [2.24, 2.45) is 0 Å². The highest BCUT2D eigenvalue weighted by molar-refractivity contribution is 7.93. The highest BCUT2D eigenvalue weighted by atomic mass is 35.5. The standard InChI is InChI=1S/C21H23N5O5S.ClH/c1-31-17-6-2-15(3-7-17)19-14-26(25-23-19)16-4-8-18(9-5-16)32(29,30)21(20(27)24-28)10-12-22-13-11-21;/h2-9,14,22,28H,10-13H2,1H3,(H,24,27);1H. The Bertz CT molecular complexity index is 1210. The molecule has 12 heteroatoms. The summed E-state index contributed by atoms with van der Waals surface area (Å²) in [5.74, 6) is -0.178. The summed E-state index contributed by atoms with van der Waals surface area (Å²) in [5.41, 5.74) is 3.66. The molecule has 4 rings (SSSR count). The number of methoxy groups -OCH3 is 1. The Balaban J connectivity index is 0.00000306. The van der Waals surface area contributed by atoms with E-state index in [1.807, 2.05) is 24.3 Å². The maximum atomic E-state index is 13.4. The molecule has 0 spiro atoms. The molecule has 1 amide bonds. The molecular weight excluding hydrogens is 470 g/mol. The Kier molecular flexibility index (Phi) is 7.38. The number of carbonyl (C=O) groups excluding carboxylic acids is 1. The van der Waals surface area contributed by atoms with Gasteiger partial charge in [0, 0.05) is 5.56 Å². The molecule has 1 aromatic heterocycles. The lowest BCUT2D eigenvalue weighted by atomic mass is 9.96. The summed E-state index contributed by atoms with van der Waals surface area (Å²) in [6, 6.07) is 13.5. The summed E-state index contributed by atoms with van der Waals surface area (Å²) >= 11 is 0. The number of ether oxygens (including phenoxy) is 1.